The first-order valence-corrected chi connectivity index (χ1v) is 11.2. The van der Waals surface area contributed by atoms with Gasteiger partial charge in [-0.3, -0.25) is 9.59 Å². The van der Waals surface area contributed by atoms with Gasteiger partial charge >= 0.3 is 0 Å². The van der Waals surface area contributed by atoms with Crippen molar-refractivity contribution in [1.29, 1.82) is 0 Å². The van der Waals surface area contributed by atoms with E-state index in [-0.39, 0.29) is 17.2 Å². The van der Waals surface area contributed by atoms with Crippen molar-refractivity contribution >= 4 is 23.2 Å². The van der Waals surface area contributed by atoms with Gasteiger partial charge in [-0.1, -0.05) is 55.1 Å². The summed E-state index contributed by atoms with van der Waals surface area (Å²) in [5.74, 6) is 0.767. The van der Waals surface area contributed by atoms with E-state index in [4.69, 9.17) is 4.74 Å². The van der Waals surface area contributed by atoms with Crippen molar-refractivity contribution in [3.8, 4) is 17.0 Å². The summed E-state index contributed by atoms with van der Waals surface area (Å²) in [5, 5.41) is 14.4. The van der Waals surface area contributed by atoms with E-state index in [1.165, 1.54) is 21.8 Å². The number of fused-ring (bicyclic) bond motifs is 1. The highest BCUT2D eigenvalue weighted by Crippen LogP contribution is 2.22. The first-order valence-electron chi connectivity index (χ1n) is 10.2. The van der Waals surface area contributed by atoms with Crippen LogP contribution in [0, 0.1) is 0 Å². The van der Waals surface area contributed by atoms with Crippen LogP contribution in [0.15, 0.2) is 64.5 Å². The number of ether oxygens (including phenoxy) is 1. The van der Waals surface area contributed by atoms with Crippen LogP contribution >= 0.6 is 11.8 Å². The Morgan fingerprint density at radius 3 is 2.53 bits per heavy atom. The van der Waals surface area contributed by atoms with Gasteiger partial charge in [0.05, 0.1) is 18.6 Å². The topological polar surface area (TPSA) is 101 Å². The fourth-order valence-electron chi connectivity index (χ4n) is 3.16. The molecular formula is C23H23N5O3S. The fraction of sp³-hybridized carbons (Fsp3) is 0.217. The predicted octanol–water partition coefficient (Wildman–Crippen LogP) is 3.06. The zero-order valence-electron chi connectivity index (χ0n) is 17.8. The summed E-state index contributed by atoms with van der Waals surface area (Å²) in [5.41, 5.74) is 3.85. The van der Waals surface area contributed by atoms with Crippen LogP contribution in [-0.4, -0.2) is 38.6 Å². The minimum atomic E-state index is -0.331. The molecule has 4 aromatic rings. The molecule has 0 saturated carbocycles. The molecule has 0 aliphatic heterocycles. The Kier molecular flexibility index (Phi) is 6.55. The van der Waals surface area contributed by atoms with Gasteiger partial charge in [-0.25, -0.2) is 9.61 Å². The largest absolute Gasteiger partial charge is 0.497 e. The number of benzene rings is 2. The number of thioether (sulfide) groups is 1. The maximum absolute atomic E-state index is 12.3. The van der Waals surface area contributed by atoms with E-state index >= 15 is 0 Å². The molecule has 0 bridgehead atoms. The molecule has 32 heavy (non-hydrogen) atoms. The lowest BCUT2D eigenvalue weighted by Gasteiger charge is -2.06. The van der Waals surface area contributed by atoms with Crippen LogP contribution in [0.5, 0.6) is 5.75 Å². The van der Waals surface area contributed by atoms with Gasteiger partial charge in [0, 0.05) is 12.1 Å². The van der Waals surface area contributed by atoms with Crippen LogP contribution < -0.4 is 15.6 Å². The highest BCUT2D eigenvalue weighted by atomic mass is 32.2. The molecule has 9 heteroatoms. The van der Waals surface area contributed by atoms with E-state index in [1.54, 1.807) is 13.2 Å². The van der Waals surface area contributed by atoms with Gasteiger partial charge in [-0.05, 0) is 35.7 Å². The van der Waals surface area contributed by atoms with Gasteiger partial charge in [-0.15, -0.1) is 5.10 Å². The first-order chi connectivity index (χ1) is 15.6. The maximum Gasteiger partial charge on any atom is 0.290 e. The Morgan fingerprint density at radius 1 is 1.12 bits per heavy atom. The third kappa shape index (κ3) is 4.83. The summed E-state index contributed by atoms with van der Waals surface area (Å²) >= 11 is 1.21. The fourth-order valence-corrected chi connectivity index (χ4v) is 3.90. The molecule has 0 unspecified atom stereocenters. The number of carbonyl (C=O) groups excluding carboxylic acids is 1. The SMILES string of the molecule is CCc1ccc(-c2cc3c(=O)[nH]nc(SCC(=O)NCc4ccc(OC)cc4)n3n2)cc1. The van der Waals surface area contributed by atoms with Crippen molar-refractivity contribution in [2.45, 2.75) is 25.0 Å². The second-order valence-electron chi connectivity index (χ2n) is 7.13. The van der Waals surface area contributed by atoms with E-state index in [0.717, 1.165) is 23.3 Å². The van der Waals surface area contributed by atoms with Crippen LogP contribution in [0.1, 0.15) is 18.1 Å². The average molecular weight is 450 g/mol. The van der Waals surface area contributed by atoms with Gasteiger partial charge in [0.1, 0.15) is 11.3 Å². The summed E-state index contributed by atoms with van der Waals surface area (Å²) in [6.07, 6.45) is 0.955. The summed E-state index contributed by atoms with van der Waals surface area (Å²) in [4.78, 5) is 24.6. The number of hydrogen-bond acceptors (Lipinski definition) is 6. The minimum absolute atomic E-state index is 0.144. The molecule has 4 rings (SSSR count). The van der Waals surface area contributed by atoms with Crippen LogP contribution in [0.4, 0.5) is 0 Å². The lowest BCUT2D eigenvalue weighted by atomic mass is 10.1. The molecule has 0 saturated heterocycles. The molecule has 2 heterocycles. The number of methoxy groups -OCH3 is 1. The molecule has 164 valence electrons. The number of aromatic nitrogens is 4. The molecule has 0 aliphatic carbocycles. The van der Waals surface area contributed by atoms with Crippen molar-refractivity contribution in [2.24, 2.45) is 0 Å². The van der Waals surface area contributed by atoms with Crippen LogP contribution in [0.25, 0.3) is 16.8 Å². The van der Waals surface area contributed by atoms with E-state index in [0.29, 0.717) is 22.9 Å². The van der Waals surface area contributed by atoms with E-state index < -0.39 is 0 Å². The van der Waals surface area contributed by atoms with Crippen molar-refractivity contribution in [3.63, 3.8) is 0 Å². The lowest BCUT2D eigenvalue weighted by molar-refractivity contribution is -0.118. The number of nitrogens with zero attached hydrogens (tertiary/aromatic N) is 3. The molecule has 1 amide bonds. The Morgan fingerprint density at radius 2 is 1.84 bits per heavy atom. The van der Waals surface area contributed by atoms with Gasteiger partial charge < -0.3 is 10.1 Å². The third-order valence-corrected chi connectivity index (χ3v) is 5.94. The van der Waals surface area contributed by atoms with Crippen LogP contribution in [0.2, 0.25) is 0 Å². The van der Waals surface area contributed by atoms with Gasteiger partial charge in [0.2, 0.25) is 11.1 Å². The highest BCUT2D eigenvalue weighted by molar-refractivity contribution is 7.99. The average Bonchev–Trinajstić information content (AvgIpc) is 3.29. The van der Waals surface area contributed by atoms with Crippen molar-refractivity contribution in [3.05, 3.63) is 76.1 Å². The smallest absolute Gasteiger partial charge is 0.290 e. The van der Waals surface area contributed by atoms with E-state index in [1.807, 2.05) is 48.5 Å². The second-order valence-corrected chi connectivity index (χ2v) is 8.07. The Labute approximate surface area is 189 Å². The third-order valence-electron chi connectivity index (χ3n) is 5.02. The molecule has 2 aromatic carbocycles. The second kappa shape index (κ2) is 9.69. The molecule has 0 fully saturated rings. The molecule has 2 aromatic heterocycles. The molecule has 0 atom stereocenters. The molecule has 0 aliphatic rings. The molecule has 0 radical (unpaired) electrons. The van der Waals surface area contributed by atoms with E-state index in [9.17, 15) is 9.59 Å². The Balaban J connectivity index is 1.45. The van der Waals surface area contributed by atoms with Crippen molar-refractivity contribution in [1.82, 2.24) is 25.1 Å². The first kappa shape index (κ1) is 21.6. The number of aryl methyl sites for hydroxylation is 1. The summed E-state index contributed by atoms with van der Waals surface area (Å²) in [6.45, 7) is 2.51. The standard InChI is InChI=1S/C23H23N5O3S/c1-3-15-4-8-17(9-5-15)19-12-20-22(30)25-26-23(28(20)27-19)32-14-21(29)24-13-16-6-10-18(31-2)11-7-16/h4-12H,3,13-14H2,1-2H3,(H,24,29)(H,25,30). The van der Waals surface area contributed by atoms with Crippen molar-refractivity contribution in [2.75, 3.05) is 12.9 Å². The van der Waals surface area contributed by atoms with Crippen molar-refractivity contribution < 1.29 is 9.53 Å². The lowest BCUT2D eigenvalue weighted by Crippen LogP contribution is -2.25. The normalized spacial score (nSPS) is 10.9. The molecule has 8 nitrogen and oxygen atoms in total. The maximum atomic E-state index is 12.3. The number of hydrogen-bond donors (Lipinski definition) is 2. The number of H-pyrrole nitrogens is 1. The zero-order valence-corrected chi connectivity index (χ0v) is 18.6. The number of rotatable bonds is 8. The minimum Gasteiger partial charge on any atom is -0.497 e. The Bertz CT molecular complexity index is 1280. The van der Waals surface area contributed by atoms with Crippen LogP contribution in [0.3, 0.4) is 0 Å². The van der Waals surface area contributed by atoms with Gasteiger partial charge in [0.25, 0.3) is 5.56 Å². The zero-order chi connectivity index (χ0) is 22.5. The number of amides is 1. The van der Waals surface area contributed by atoms with Crippen LogP contribution in [-0.2, 0) is 17.8 Å². The number of carbonyl (C=O) groups is 1. The van der Waals surface area contributed by atoms with E-state index in [2.05, 4.69) is 27.5 Å². The summed E-state index contributed by atoms with van der Waals surface area (Å²) in [6, 6.07) is 17.3. The number of nitrogens with one attached hydrogen (secondary N) is 2. The molecule has 2 N–H and O–H groups in total. The predicted molar refractivity (Wildman–Crippen MR) is 124 cm³/mol. The number of aromatic amines is 1. The Hall–Kier alpha value is -3.59. The highest BCUT2D eigenvalue weighted by Gasteiger charge is 2.14. The molecule has 0 spiro atoms. The quantitative estimate of drug-likeness (QED) is 0.401. The van der Waals surface area contributed by atoms with Gasteiger partial charge in [0.15, 0.2) is 0 Å². The van der Waals surface area contributed by atoms with Gasteiger partial charge in [-0.2, -0.15) is 5.10 Å². The monoisotopic (exact) mass is 449 g/mol. The summed E-state index contributed by atoms with van der Waals surface area (Å²) < 4.78 is 6.62. The molecular weight excluding hydrogens is 426 g/mol. The summed E-state index contributed by atoms with van der Waals surface area (Å²) in [7, 11) is 1.61.